The number of hydrogen-bond acceptors (Lipinski definition) is 5. The molecule has 1 aliphatic heterocycles. The molecule has 0 radical (unpaired) electrons. The summed E-state index contributed by atoms with van der Waals surface area (Å²) in [5.41, 5.74) is 1.07. The molecule has 98 valence electrons. The van der Waals surface area contributed by atoms with Crippen molar-refractivity contribution in [1.29, 1.82) is 0 Å². The number of rotatable bonds is 1. The molecule has 0 amide bonds. The molecule has 3 rings (SSSR count). The molecule has 2 N–H and O–H groups in total. The highest BCUT2D eigenvalue weighted by molar-refractivity contribution is 5.72. The van der Waals surface area contributed by atoms with Gasteiger partial charge in [0.15, 0.2) is 5.82 Å². The molecule has 1 spiro atoms. The van der Waals surface area contributed by atoms with Gasteiger partial charge in [0.2, 0.25) is 5.88 Å². The molecule has 0 atom stereocenters. The first-order valence-corrected chi connectivity index (χ1v) is 6.74. The van der Waals surface area contributed by atoms with Crippen molar-refractivity contribution in [3.8, 4) is 5.88 Å². The van der Waals surface area contributed by atoms with E-state index in [0.29, 0.717) is 5.88 Å². The van der Waals surface area contributed by atoms with Gasteiger partial charge in [-0.05, 0) is 12.8 Å². The second-order valence-corrected chi connectivity index (χ2v) is 5.28. The topological polar surface area (TPSA) is 59.1 Å². The summed E-state index contributed by atoms with van der Waals surface area (Å²) in [6, 6.07) is 0. The van der Waals surface area contributed by atoms with Gasteiger partial charge in [-0.1, -0.05) is 25.7 Å². The van der Waals surface area contributed by atoms with Gasteiger partial charge in [-0.2, -0.15) is 4.98 Å². The van der Waals surface area contributed by atoms with E-state index in [4.69, 9.17) is 4.74 Å². The van der Waals surface area contributed by atoms with Crippen molar-refractivity contribution in [3.63, 3.8) is 0 Å². The van der Waals surface area contributed by atoms with Crippen LogP contribution in [0.5, 0.6) is 5.88 Å². The lowest BCUT2D eigenvalue weighted by molar-refractivity contribution is 0.390. The zero-order valence-electron chi connectivity index (χ0n) is 10.8. The molecule has 1 aromatic rings. The molecule has 5 nitrogen and oxygen atoms in total. The van der Waals surface area contributed by atoms with E-state index in [1.165, 1.54) is 38.5 Å². The summed E-state index contributed by atoms with van der Waals surface area (Å²) in [4.78, 5) is 8.47. The van der Waals surface area contributed by atoms with Gasteiger partial charge in [0.05, 0.1) is 12.6 Å². The van der Waals surface area contributed by atoms with E-state index in [-0.39, 0.29) is 5.54 Å². The Kier molecular flexibility index (Phi) is 2.97. The van der Waals surface area contributed by atoms with E-state index < -0.39 is 0 Å². The van der Waals surface area contributed by atoms with Crippen molar-refractivity contribution in [2.24, 2.45) is 0 Å². The second-order valence-electron chi connectivity index (χ2n) is 5.28. The minimum Gasteiger partial charge on any atom is -0.479 e. The van der Waals surface area contributed by atoms with Crippen LogP contribution in [0.1, 0.15) is 38.5 Å². The van der Waals surface area contributed by atoms with E-state index in [1.807, 2.05) is 0 Å². The highest BCUT2D eigenvalue weighted by Crippen LogP contribution is 2.39. The lowest BCUT2D eigenvalue weighted by Crippen LogP contribution is -2.47. The van der Waals surface area contributed by atoms with Gasteiger partial charge >= 0.3 is 0 Å². The monoisotopic (exact) mass is 248 g/mol. The van der Waals surface area contributed by atoms with Crippen LogP contribution in [0.2, 0.25) is 0 Å². The molecule has 0 bridgehead atoms. The summed E-state index contributed by atoms with van der Waals surface area (Å²) in [5.74, 6) is 1.51. The third-order valence-electron chi connectivity index (χ3n) is 4.05. The van der Waals surface area contributed by atoms with Crippen LogP contribution in [0, 0.1) is 0 Å². The number of aromatic nitrogens is 2. The SMILES string of the molecule is COc1ncnc2c1NCC1(CCCCCC1)N2. The number of ether oxygens (including phenoxy) is 1. The summed E-state index contributed by atoms with van der Waals surface area (Å²) >= 11 is 0. The molecular formula is C13H20N4O. The maximum atomic E-state index is 5.26. The third kappa shape index (κ3) is 1.98. The Morgan fingerprint density at radius 3 is 2.67 bits per heavy atom. The summed E-state index contributed by atoms with van der Waals surface area (Å²) in [6.07, 6.45) is 9.28. The molecule has 0 aromatic carbocycles. The summed E-state index contributed by atoms with van der Waals surface area (Å²) < 4.78 is 5.26. The van der Waals surface area contributed by atoms with Crippen LogP contribution < -0.4 is 15.4 Å². The van der Waals surface area contributed by atoms with Gasteiger partial charge in [-0.25, -0.2) is 4.98 Å². The number of nitrogens with zero attached hydrogens (tertiary/aromatic N) is 2. The van der Waals surface area contributed by atoms with Crippen LogP contribution in [-0.2, 0) is 0 Å². The lowest BCUT2D eigenvalue weighted by Gasteiger charge is -2.39. The highest BCUT2D eigenvalue weighted by atomic mass is 16.5. The highest BCUT2D eigenvalue weighted by Gasteiger charge is 2.35. The number of fused-ring (bicyclic) bond motifs is 1. The van der Waals surface area contributed by atoms with Crippen LogP contribution in [0.4, 0.5) is 11.5 Å². The molecule has 2 heterocycles. The number of methoxy groups -OCH3 is 1. The van der Waals surface area contributed by atoms with Gasteiger partial charge in [0.1, 0.15) is 12.0 Å². The molecule has 1 aromatic heterocycles. The maximum Gasteiger partial charge on any atom is 0.242 e. The first-order valence-electron chi connectivity index (χ1n) is 6.74. The maximum absolute atomic E-state index is 5.26. The molecular weight excluding hydrogens is 228 g/mol. The fraction of sp³-hybridized carbons (Fsp3) is 0.692. The third-order valence-corrected chi connectivity index (χ3v) is 4.05. The van der Waals surface area contributed by atoms with Crippen molar-refractivity contribution >= 4 is 11.5 Å². The molecule has 0 saturated heterocycles. The normalized spacial score (nSPS) is 21.4. The standard InChI is InChI=1S/C13H20N4O/c1-18-12-10-11(15-9-16-12)17-13(8-14-10)6-4-2-3-5-7-13/h9,14H,2-8H2,1H3,(H,15,16,17). The van der Waals surface area contributed by atoms with Crippen molar-refractivity contribution in [2.75, 3.05) is 24.3 Å². The zero-order chi connectivity index (χ0) is 12.4. The van der Waals surface area contributed by atoms with E-state index in [0.717, 1.165) is 18.1 Å². The fourth-order valence-electron chi connectivity index (χ4n) is 3.04. The van der Waals surface area contributed by atoms with Crippen LogP contribution in [-0.4, -0.2) is 29.2 Å². The van der Waals surface area contributed by atoms with Crippen molar-refractivity contribution < 1.29 is 4.74 Å². The molecule has 2 aliphatic rings. The number of nitrogens with one attached hydrogen (secondary N) is 2. The van der Waals surface area contributed by atoms with Crippen molar-refractivity contribution in [1.82, 2.24) is 9.97 Å². The molecule has 1 saturated carbocycles. The molecule has 18 heavy (non-hydrogen) atoms. The van der Waals surface area contributed by atoms with Gasteiger partial charge < -0.3 is 15.4 Å². The van der Waals surface area contributed by atoms with E-state index in [1.54, 1.807) is 13.4 Å². The Balaban J connectivity index is 1.88. The van der Waals surface area contributed by atoms with Crippen LogP contribution in [0.15, 0.2) is 6.33 Å². The molecule has 1 fully saturated rings. The Morgan fingerprint density at radius 2 is 1.94 bits per heavy atom. The average Bonchev–Trinajstić information content (AvgIpc) is 2.63. The van der Waals surface area contributed by atoms with Crippen LogP contribution in [0.25, 0.3) is 0 Å². The summed E-state index contributed by atoms with van der Waals surface area (Å²) in [5, 5.41) is 7.09. The molecule has 0 unspecified atom stereocenters. The minimum absolute atomic E-state index is 0.170. The fourth-order valence-corrected chi connectivity index (χ4v) is 3.04. The summed E-state index contributed by atoms with van der Waals surface area (Å²) in [7, 11) is 1.64. The van der Waals surface area contributed by atoms with E-state index in [2.05, 4.69) is 20.6 Å². The largest absolute Gasteiger partial charge is 0.479 e. The first-order chi connectivity index (χ1) is 8.83. The Labute approximate surface area is 107 Å². The Bertz CT molecular complexity index is 427. The average molecular weight is 248 g/mol. The second kappa shape index (κ2) is 4.63. The Morgan fingerprint density at radius 1 is 1.17 bits per heavy atom. The van der Waals surface area contributed by atoms with Crippen molar-refractivity contribution in [3.05, 3.63) is 6.33 Å². The first kappa shape index (κ1) is 11.6. The zero-order valence-corrected chi connectivity index (χ0v) is 10.8. The van der Waals surface area contributed by atoms with E-state index >= 15 is 0 Å². The van der Waals surface area contributed by atoms with Gasteiger partial charge in [-0.15, -0.1) is 0 Å². The predicted molar refractivity (Wildman–Crippen MR) is 71.1 cm³/mol. The van der Waals surface area contributed by atoms with Crippen LogP contribution in [0.3, 0.4) is 0 Å². The van der Waals surface area contributed by atoms with Gasteiger partial charge in [-0.3, -0.25) is 0 Å². The van der Waals surface area contributed by atoms with Crippen molar-refractivity contribution in [2.45, 2.75) is 44.1 Å². The van der Waals surface area contributed by atoms with Gasteiger partial charge in [0, 0.05) is 6.54 Å². The van der Waals surface area contributed by atoms with Crippen LogP contribution >= 0.6 is 0 Å². The smallest absolute Gasteiger partial charge is 0.242 e. The Hall–Kier alpha value is -1.52. The molecule has 5 heteroatoms. The lowest BCUT2D eigenvalue weighted by atomic mass is 9.88. The predicted octanol–water partition coefficient (Wildman–Crippen LogP) is 2.42. The quantitative estimate of drug-likeness (QED) is 0.799. The number of hydrogen-bond donors (Lipinski definition) is 2. The summed E-state index contributed by atoms with van der Waals surface area (Å²) in [6.45, 7) is 0.934. The minimum atomic E-state index is 0.170. The molecule has 1 aliphatic carbocycles. The van der Waals surface area contributed by atoms with E-state index in [9.17, 15) is 0 Å². The van der Waals surface area contributed by atoms with Gasteiger partial charge in [0.25, 0.3) is 0 Å². The number of anilines is 2.